The molecule has 1 aromatic heterocycles. The van der Waals surface area contributed by atoms with Crippen LogP contribution in [-0.4, -0.2) is 16.9 Å². The number of hydrogen-bond donors (Lipinski definition) is 2. The van der Waals surface area contributed by atoms with Gasteiger partial charge in [0.25, 0.3) is 5.91 Å². The van der Waals surface area contributed by atoms with Gasteiger partial charge in [-0.1, -0.05) is 17.7 Å². The molecule has 3 rings (SSSR count). The Labute approximate surface area is 142 Å². The normalized spacial score (nSPS) is 14.7. The fourth-order valence-corrected chi connectivity index (χ4v) is 2.76. The van der Waals surface area contributed by atoms with E-state index in [9.17, 15) is 18.0 Å². The van der Waals surface area contributed by atoms with Gasteiger partial charge in [0.2, 0.25) is 0 Å². The summed E-state index contributed by atoms with van der Waals surface area (Å²) in [6, 6.07) is 3.58. The molecule has 1 fully saturated rings. The molecule has 1 amide bonds. The molecule has 128 valence electrons. The van der Waals surface area contributed by atoms with Gasteiger partial charge in [0, 0.05) is 23.7 Å². The first-order valence-corrected chi connectivity index (χ1v) is 7.97. The van der Waals surface area contributed by atoms with Crippen molar-refractivity contribution in [3.63, 3.8) is 0 Å². The van der Waals surface area contributed by atoms with Crippen LogP contribution in [0.2, 0.25) is 5.02 Å². The minimum Gasteiger partial charge on any atom is -0.357 e. The summed E-state index contributed by atoms with van der Waals surface area (Å²) in [4.78, 5) is 15.1. The van der Waals surface area contributed by atoms with Gasteiger partial charge in [-0.25, -0.2) is 0 Å². The van der Waals surface area contributed by atoms with Crippen LogP contribution in [0.5, 0.6) is 0 Å². The number of benzene rings is 1. The zero-order valence-corrected chi connectivity index (χ0v) is 13.7. The molecule has 7 heteroatoms. The molecule has 2 aromatic rings. The SMILES string of the molecule is Cc1c(Cc2ccc(C(F)(F)F)cc2Cl)c[nH]c1C(=O)NC1CC1. The van der Waals surface area contributed by atoms with E-state index in [1.807, 2.05) is 6.92 Å². The van der Waals surface area contributed by atoms with Crippen molar-refractivity contribution in [2.45, 2.75) is 38.4 Å². The molecule has 3 nitrogen and oxygen atoms in total. The summed E-state index contributed by atoms with van der Waals surface area (Å²) in [6.07, 6.45) is -0.361. The number of rotatable bonds is 4. The van der Waals surface area contributed by atoms with Crippen molar-refractivity contribution >= 4 is 17.5 Å². The number of carbonyl (C=O) groups is 1. The highest BCUT2D eigenvalue weighted by Gasteiger charge is 2.31. The van der Waals surface area contributed by atoms with Gasteiger partial charge in [-0.2, -0.15) is 13.2 Å². The summed E-state index contributed by atoms with van der Waals surface area (Å²) >= 11 is 5.99. The van der Waals surface area contributed by atoms with Crippen LogP contribution in [0.4, 0.5) is 13.2 Å². The predicted molar refractivity (Wildman–Crippen MR) is 85.3 cm³/mol. The molecule has 0 saturated heterocycles. The van der Waals surface area contributed by atoms with E-state index in [0.29, 0.717) is 17.7 Å². The number of alkyl halides is 3. The Bertz CT molecular complexity index is 779. The quantitative estimate of drug-likeness (QED) is 0.833. The van der Waals surface area contributed by atoms with E-state index in [2.05, 4.69) is 10.3 Å². The molecule has 24 heavy (non-hydrogen) atoms. The van der Waals surface area contributed by atoms with Crippen LogP contribution in [0, 0.1) is 6.92 Å². The Hall–Kier alpha value is -1.95. The molecule has 1 heterocycles. The first kappa shape index (κ1) is 16.9. The smallest absolute Gasteiger partial charge is 0.357 e. The molecule has 1 saturated carbocycles. The largest absolute Gasteiger partial charge is 0.416 e. The van der Waals surface area contributed by atoms with Gasteiger partial charge in [0.15, 0.2) is 0 Å². The predicted octanol–water partition coefficient (Wildman–Crippen LogP) is 4.48. The van der Waals surface area contributed by atoms with E-state index >= 15 is 0 Å². The van der Waals surface area contributed by atoms with Crippen LogP contribution in [0.15, 0.2) is 24.4 Å². The third-order valence-electron chi connectivity index (χ3n) is 4.15. The highest BCUT2D eigenvalue weighted by molar-refractivity contribution is 6.31. The van der Waals surface area contributed by atoms with Gasteiger partial charge in [0.1, 0.15) is 5.69 Å². The Kier molecular flexibility index (Phi) is 4.34. The zero-order chi connectivity index (χ0) is 17.5. The number of amides is 1. The van der Waals surface area contributed by atoms with E-state index < -0.39 is 11.7 Å². The van der Waals surface area contributed by atoms with Crippen molar-refractivity contribution in [3.8, 4) is 0 Å². The number of hydrogen-bond acceptors (Lipinski definition) is 1. The third-order valence-corrected chi connectivity index (χ3v) is 4.50. The zero-order valence-electron chi connectivity index (χ0n) is 12.9. The second-order valence-electron chi connectivity index (χ2n) is 6.04. The Morgan fingerprint density at radius 2 is 2.04 bits per heavy atom. The van der Waals surface area contributed by atoms with Crippen LogP contribution >= 0.6 is 11.6 Å². The monoisotopic (exact) mass is 356 g/mol. The van der Waals surface area contributed by atoms with E-state index in [4.69, 9.17) is 11.6 Å². The Morgan fingerprint density at radius 1 is 1.33 bits per heavy atom. The summed E-state index contributed by atoms with van der Waals surface area (Å²) in [5, 5.41) is 2.97. The highest BCUT2D eigenvalue weighted by atomic mass is 35.5. The lowest BCUT2D eigenvalue weighted by Gasteiger charge is -2.10. The first-order chi connectivity index (χ1) is 11.3. The fourth-order valence-electron chi connectivity index (χ4n) is 2.51. The molecule has 1 aliphatic carbocycles. The number of carbonyl (C=O) groups excluding carboxylic acids is 1. The average molecular weight is 357 g/mol. The summed E-state index contributed by atoms with van der Waals surface area (Å²) in [7, 11) is 0. The van der Waals surface area contributed by atoms with Crippen molar-refractivity contribution in [3.05, 3.63) is 57.4 Å². The van der Waals surface area contributed by atoms with Crippen LogP contribution < -0.4 is 5.32 Å². The number of aromatic nitrogens is 1. The maximum absolute atomic E-state index is 12.7. The molecule has 0 bridgehead atoms. The molecule has 2 N–H and O–H groups in total. The lowest BCUT2D eigenvalue weighted by atomic mass is 10.0. The molecule has 1 aromatic carbocycles. The second kappa shape index (κ2) is 6.16. The highest BCUT2D eigenvalue weighted by Crippen LogP contribution is 2.33. The van der Waals surface area contributed by atoms with Gasteiger partial charge in [-0.3, -0.25) is 4.79 Å². The molecule has 0 aliphatic heterocycles. The van der Waals surface area contributed by atoms with Crippen molar-refractivity contribution in [2.24, 2.45) is 0 Å². The van der Waals surface area contributed by atoms with Crippen molar-refractivity contribution in [1.29, 1.82) is 0 Å². The van der Waals surface area contributed by atoms with Crippen molar-refractivity contribution in [2.75, 3.05) is 0 Å². The van der Waals surface area contributed by atoms with Gasteiger partial charge >= 0.3 is 6.18 Å². The van der Waals surface area contributed by atoms with Crippen LogP contribution in [-0.2, 0) is 12.6 Å². The van der Waals surface area contributed by atoms with Gasteiger partial charge in [-0.05, 0) is 48.6 Å². The van der Waals surface area contributed by atoms with Gasteiger partial charge < -0.3 is 10.3 Å². The van der Waals surface area contributed by atoms with Crippen LogP contribution in [0.25, 0.3) is 0 Å². The molecule has 0 spiro atoms. The Balaban J connectivity index is 1.79. The first-order valence-electron chi connectivity index (χ1n) is 7.59. The summed E-state index contributed by atoms with van der Waals surface area (Å²) in [6.45, 7) is 1.81. The maximum atomic E-state index is 12.7. The lowest BCUT2D eigenvalue weighted by molar-refractivity contribution is -0.137. The maximum Gasteiger partial charge on any atom is 0.416 e. The third kappa shape index (κ3) is 3.59. The fraction of sp³-hybridized carbons (Fsp3) is 0.353. The van der Waals surface area contributed by atoms with Gasteiger partial charge in [0.05, 0.1) is 5.56 Å². The van der Waals surface area contributed by atoms with Crippen LogP contribution in [0.1, 0.15) is 45.6 Å². The molecule has 0 atom stereocenters. The lowest BCUT2D eigenvalue weighted by Crippen LogP contribution is -2.26. The summed E-state index contributed by atoms with van der Waals surface area (Å²) < 4.78 is 38.1. The van der Waals surface area contributed by atoms with Crippen molar-refractivity contribution < 1.29 is 18.0 Å². The van der Waals surface area contributed by atoms with E-state index in [1.165, 1.54) is 6.07 Å². The van der Waals surface area contributed by atoms with Crippen LogP contribution in [0.3, 0.4) is 0 Å². The molecular weight excluding hydrogens is 341 g/mol. The molecular formula is C17H16ClF3N2O. The standard InChI is InChI=1S/C17H16ClF3N2O/c1-9-11(8-22-15(9)16(24)23-13-4-5-13)6-10-2-3-12(7-14(10)18)17(19,20)21/h2-3,7-8,13,22H,4-6H2,1H3,(H,23,24). The number of nitrogens with one attached hydrogen (secondary N) is 2. The van der Waals surface area contributed by atoms with E-state index in [-0.39, 0.29) is 17.0 Å². The van der Waals surface area contributed by atoms with Gasteiger partial charge in [-0.15, -0.1) is 0 Å². The summed E-state index contributed by atoms with van der Waals surface area (Å²) in [5.41, 5.74) is 1.91. The number of aromatic amines is 1. The minimum absolute atomic E-state index is 0.0643. The topological polar surface area (TPSA) is 44.9 Å². The van der Waals surface area contributed by atoms with E-state index in [1.54, 1.807) is 6.20 Å². The molecule has 1 aliphatic rings. The average Bonchev–Trinajstić information content (AvgIpc) is 3.23. The van der Waals surface area contributed by atoms with E-state index in [0.717, 1.165) is 36.1 Å². The summed E-state index contributed by atoms with van der Waals surface area (Å²) in [5.74, 6) is -0.153. The second-order valence-corrected chi connectivity index (χ2v) is 6.45. The van der Waals surface area contributed by atoms with Crippen molar-refractivity contribution in [1.82, 2.24) is 10.3 Å². The number of H-pyrrole nitrogens is 1. The molecule has 0 unspecified atom stereocenters. The number of halogens is 4. The Morgan fingerprint density at radius 3 is 2.62 bits per heavy atom. The molecule has 0 radical (unpaired) electrons. The minimum atomic E-state index is -4.42.